The van der Waals surface area contributed by atoms with Crippen molar-refractivity contribution in [2.75, 3.05) is 6.54 Å². The van der Waals surface area contributed by atoms with Gasteiger partial charge < -0.3 is 14.7 Å². The lowest BCUT2D eigenvalue weighted by Crippen LogP contribution is -2.86. The summed E-state index contributed by atoms with van der Waals surface area (Å²) in [5, 5.41) is 1.92. The molecule has 0 aromatic carbocycles. The number of aromatic amines is 1. The molecule has 112 valence electrons. The monoisotopic (exact) mass is 289 g/mol. The quantitative estimate of drug-likeness (QED) is 0.797. The molecule has 0 fully saturated rings. The van der Waals surface area contributed by atoms with Crippen LogP contribution in [0.15, 0.2) is 22.8 Å². The number of rotatable bonds is 6. The molecule has 0 aliphatic rings. The number of Topliss-reactive ketones (excluding diaryl/α,β-unsaturated/α-hetero) is 2. The molecule has 2 heterocycles. The maximum atomic E-state index is 12.3. The second kappa shape index (κ2) is 6.10. The van der Waals surface area contributed by atoms with E-state index >= 15 is 0 Å². The topological polar surface area (TPSA) is 79.7 Å². The maximum Gasteiger partial charge on any atom is 0.233 e. The molecule has 0 radical (unpaired) electrons. The van der Waals surface area contributed by atoms with Crippen LogP contribution in [0.1, 0.15) is 57.8 Å². The van der Waals surface area contributed by atoms with Crippen molar-refractivity contribution in [1.82, 2.24) is 4.98 Å². The molecule has 5 heteroatoms. The second-order valence-corrected chi connectivity index (χ2v) is 5.35. The van der Waals surface area contributed by atoms with Gasteiger partial charge in [0.05, 0.1) is 12.0 Å². The minimum Gasteiger partial charge on any atom is -0.463 e. The van der Waals surface area contributed by atoms with Gasteiger partial charge in [0.1, 0.15) is 12.6 Å². The highest BCUT2D eigenvalue weighted by molar-refractivity contribution is 6.03. The normalized spacial score (nSPS) is 12.4. The van der Waals surface area contributed by atoms with Crippen molar-refractivity contribution in [2.45, 2.75) is 33.7 Å². The standard InChI is InChI=1S/C16H20N2O3/c1-9-15(12(4)19)11(3)18-16(9)13(20)8-17-10(2)14-6-5-7-21-14/h5-7,10,17-18H,8H2,1-4H3/p+1/t10-/m0/s1. The number of carbonyl (C=O) groups excluding carboxylic acids is 2. The number of carbonyl (C=O) groups is 2. The molecule has 2 rings (SSSR count). The SMILES string of the molecule is CC(=O)c1c(C)[nH]c(C(=O)C[NH2+][C@@H](C)c2ccco2)c1C. The number of furan rings is 1. The largest absolute Gasteiger partial charge is 0.463 e. The average Bonchev–Trinajstić information content (AvgIpc) is 3.03. The predicted molar refractivity (Wildman–Crippen MR) is 78.5 cm³/mol. The first-order valence-electron chi connectivity index (χ1n) is 7.01. The van der Waals surface area contributed by atoms with Crippen molar-refractivity contribution in [2.24, 2.45) is 0 Å². The Bertz CT molecular complexity index is 653. The summed E-state index contributed by atoms with van der Waals surface area (Å²) < 4.78 is 5.32. The van der Waals surface area contributed by atoms with Crippen LogP contribution >= 0.6 is 0 Å². The number of ketones is 2. The van der Waals surface area contributed by atoms with Gasteiger partial charge in [-0.2, -0.15) is 0 Å². The summed E-state index contributed by atoms with van der Waals surface area (Å²) in [5.74, 6) is 0.807. The number of quaternary nitrogens is 1. The second-order valence-electron chi connectivity index (χ2n) is 5.35. The molecule has 0 bridgehead atoms. The molecule has 5 nitrogen and oxygen atoms in total. The molecule has 0 unspecified atom stereocenters. The molecule has 3 N–H and O–H groups in total. The zero-order valence-corrected chi connectivity index (χ0v) is 12.8. The van der Waals surface area contributed by atoms with Crippen LogP contribution in [0.4, 0.5) is 0 Å². The summed E-state index contributed by atoms with van der Waals surface area (Å²) in [4.78, 5) is 27.0. The summed E-state index contributed by atoms with van der Waals surface area (Å²) in [6.07, 6.45) is 1.62. The molecule has 1 atom stereocenters. The number of aromatic nitrogens is 1. The molecule has 0 amide bonds. The van der Waals surface area contributed by atoms with Crippen molar-refractivity contribution in [3.05, 3.63) is 46.7 Å². The number of nitrogens with two attached hydrogens (primary N) is 1. The van der Waals surface area contributed by atoms with Crippen molar-refractivity contribution in [1.29, 1.82) is 0 Å². The molecule has 0 aliphatic heterocycles. The first-order chi connectivity index (χ1) is 9.91. The third-order valence-electron chi connectivity index (χ3n) is 3.72. The number of hydrogen-bond donors (Lipinski definition) is 2. The molecular weight excluding hydrogens is 268 g/mol. The van der Waals surface area contributed by atoms with E-state index in [2.05, 4.69) is 4.98 Å². The van der Waals surface area contributed by atoms with Gasteiger partial charge >= 0.3 is 0 Å². The first-order valence-corrected chi connectivity index (χ1v) is 7.01. The highest BCUT2D eigenvalue weighted by atomic mass is 16.3. The Balaban J connectivity index is 2.08. The molecule has 21 heavy (non-hydrogen) atoms. The van der Waals surface area contributed by atoms with Crippen LogP contribution in [0.25, 0.3) is 0 Å². The fraction of sp³-hybridized carbons (Fsp3) is 0.375. The first kappa shape index (κ1) is 15.3. The maximum absolute atomic E-state index is 12.3. The van der Waals surface area contributed by atoms with Crippen LogP contribution in [0.3, 0.4) is 0 Å². The van der Waals surface area contributed by atoms with E-state index in [1.54, 1.807) is 6.26 Å². The Morgan fingerprint density at radius 1 is 1.38 bits per heavy atom. The zero-order chi connectivity index (χ0) is 15.6. The fourth-order valence-corrected chi connectivity index (χ4v) is 2.61. The van der Waals surface area contributed by atoms with Crippen LogP contribution in [0.5, 0.6) is 0 Å². The van der Waals surface area contributed by atoms with Gasteiger partial charge in [-0.05, 0) is 45.4 Å². The van der Waals surface area contributed by atoms with E-state index in [1.807, 2.05) is 38.2 Å². The molecule has 0 saturated carbocycles. The molecule has 2 aromatic rings. The smallest absolute Gasteiger partial charge is 0.233 e. The van der Waals surface area contributed by atoms with Gasteiger partial charge in [-0.1, -0.05) is 0 Å². The van der Waals surface area contributed by atoms with Gasteiger partial charge in [0.25, 0.3) is 0 Å². The highest BCUT2D eigenvalue weighted by Crippen LogP contribution is 2.18. The van der Waals surface area contributed by atoms with Crippen LogP contribution < -0.4 is 5.32 Å². The van der Waals surface area contributed by atoms with E-state index in [0.29, 0.717) is 17.8 Å². The van der Waals surface area contributed by atoms with Crippen LogP contribution in [0, 0.1) is 13.8 Å². The van der Waals surface area contributed by atoms with Crippen molar-refractivity contribution >= 4 is 11.6 Å². The Morgan fingerprint density at radius 3 is 2.62 bits per heavy atom. The molecule has 2 aromatic heterocycles. The number of hydrogen-bond acceptors (Lipinski definition) is 3. The summed E-state index contributed by atoms with van der Waals surface area (Å²) in [6.45, 7) is 7.43. The Kier molecular flexibility index (Phi) is 4.43. The summed E-state index contributed by atoms with van der Waals surface area (Å²) in [7, 11) is 0. The third-order valence-corrected chi connectivity index (χ3v) is 3.72. The van der Waals surface area contributed by atoms with Gasteiger partial charge in [-0.25, -0.2) is 0 Å². The van der Waals surface area contributed by atoms with E-state index in [9.17, 15) is 9.59 Å². The van der Waals surface area contributed by atoms with Crippen LogP contribution in [0.2, 0.25) is 0 Å². The Morgan fingerprint density at radius 2 is 2.10 bits per heavy atom. The molecule has 0 spiro atoms. The highest BCUT2D eigenvalue weighted by Gasteiger charge is 2.22. The van der Waals surface area contributed by atoms with Crippen LogP contribution in [-0.4, -0.2) is 23.1 Å². The minimum absolute atomic E-state index is 0.0125. The number of aryl methyl sites for hydroxylation is 1. The van der Waals surface area contributed by atoms with Crippen molar-refractivity contribution in [3.8, 4) is 0 Å². The van der Waals surface area contributed by atoms with Crippen molar-refractivity contribution in [3.63, 3.8) is 0 Å². The minimum atomic E-state index is -0.0202. The number of nitrogens with one attached hydrogen (secondary N) is 1. The zero-order valence-electron chi connectivity index (χ0n) is 12.8. The van der Waals surface area contributed by atoms with E-state index in [1.165, 1.54) is 6.92 Å². The van der Waals surface area contributed by atoms with E-state index < -0.39 is 0 Å². The Hall–Kier alpha value is -2.14. The van der Waals surface area contributed by atoms with Crippen LogP contribution in [-0.2, 0) is 0 Å². The molecule has 0 saturated heterocycles. The summed E-state index contributed by atoms with van der Waals surface area (Å²) in [6, 6.07) is 3.80. The molecular formula is C16H21N2O3+. The summed E-state index contributed by atoms with van der Waals surface area (Å²) in [5.41, 5.74) is 2.64. The van der Waals surface area contributed by atoms with E-state index in [4.69, 9.17) is 4.42 Å². The van der Waals surface area contributed by atoms with E-state index in [-0.39, 0.29) is 17.6 Å². The van der Waals surface area contributed by atoms with Gasteiger partial charge in [0.2, 0.25) is 5.78 Å². The third kappa shape index (κ3) is 3.13. The van der Waals surface area contributed by atoms with Gasteiger partial charge in [0, 0.05) is 11.3 Å². The van der Waals surface area contributed by atoms with Crippen molar-refractivity contribution < 1.29 is 19.3 Å². The predicted octanol–water partition coefficient (Wildman–Crippen LogP) is 1.93. The van der Waals surface area contributed by atoms with Gasteiger partial charge in [-0.3, -0.25) is 9.59 Å². The lowest BCUT2D eigenvalue weighted by atomic mass is 10.1. The molecule has 0 aliphatic carbocycles. The lowest BCUT2D eigenvalue weighted by Gasteiger charge is -2.07. The van der Waals surface area contributed by atoms with E-state index in [0.717, 1.165) is 17.0 Å². The fourth-order valence-electron chi connectivity index (χ4n) is 2.61. The lowest BCUT2D eigenvalue weighted by molar-refractivity contribution is -0.683. The Labute approximate surface area is 123 Å². The van der Waals surface area contributed by atoms with Gasteiger partial charge in [-0.15, -0.1) is 0 Å². The number of H-pyrrole nitrogens is 1. The van der Waals surface area contributed by atoms with Gasteiger partial charge in [0.15, 0.2) is 11.5 Å². The average molecular weight is 289 g/mol. The summed E-state index contributed by atoms with van der Waals surface area (Å²) >= 11 is 0.